The SMILES string of the molecule is CCCCCCOC(=O)Cn1ccccc1=O. The molecule has 0 N–H and O–H groups in total. The molecule has 0 aliphatic rings. The van der Waals surface area contributed by atoms with Gasteiger partial charge in [-0.15, -0.1) is 0 Å². The molecule has 0 fully saturated rings. The third-order valence-corrected chi connectivity index (χ3v) is 2.46. The highest BCUT2D eigenvalue weighted by atomic mass is 16.5. The maximum absolute atomic E-state index is 11.4. The third-order valence-electron chi connectivity index (χ3n) is 2.46. The van der Waals surface area contributed by atoms with Crippen molar-refractivity contribution in [3.05, 3.63) is 34.7 Å². The number of carbonyl (C=O) groups is 1. The van der Waals surface area contributed by atoms with Gasteiger partial charge in [0, 0.05) is 12.3 Å². The Hall–Kier alpha value is -1.58. The minimum absolute atomic E-state index is 0.00650. The third kappa shape index (κ3) is 5.33. The van der Waals surface area contributed by atoms with Crippen LogP contribution in [0.15, 0.2) is 29.2 Å². The maximum Gasteiger partial charge on any atom is 0.326 e. The Morgan fingerprint density at radius 1 is 1.29 bits per heavy atom. The number of pyridine rings is 1. The summed E-state index contributed by atoms with van der Waals surface area (Å²) in [6.07, 6.45) is 5.88. The van der Waals surface area contributed by atoms with Gasteiger partial charge in [-0.3, -0.25) is 9.59 Å². The minimum Gasteiger partial charge on any atom is -0.464 e. The first-order chi connectivity index (χ1) is 8.24. The van der Waals surface area contributed by atoms with Crippen LogP contribution in [-0.4, -0.2) is 17.1 Å². The lowest BCUT2D eigenvalue weighted by atomic mass is 10.2. The molecule has 0 aliphatic carbocycles. The Bertz CT molecular complexity index is 398. The zero-order valence-corrected chi connectivity index (χ0v) is 10.2. The van der Waals surface area contributed by atoms with Crippen molar-refractivity contribution in [3.8, 4) is 0 Å². The standard InChI is InChI=1S/C13H19NO3/c1-2-3-4-7-10-17-13(16)11-14-9-6-5-8-12(14)15/h5-6,8-9H,2-4,7,10-11H2,1H3. The van der Waals surface area contributed by atoms with E-state index in [0.717, 1.165) is 25.7 Å². The summed E-state index contributed by atoms with van der Waals surface area (Å²) in [7, 11) is 0. The molecule has 0 bridgehead atoms. The van der Waals surface area contributed by atoms with Gasteiger partial charge in [0.2, 0.25) is 0 Å². The summed E-state index contributed by atoms with van der Waals surface area (Å²) in [6.45, 7) is 2.57. The molecule has 1 aromatic heterocycles. The average Bonchev–Trinajstić information content (AvgIpc) is 2.32. The first-order valence-corrected chi connectivity index (χ1v) is 6.05. The van der Waals surface area contributed by atoms with Crippen LogP contribution in [0.1, 0.15) is 32.6 Å². The number of hydrogen-bond donors (Lipinski definition) is 0. The van der Waals surface area contributed by atoms with Gasteiger partial charge < -0.3 is 9.30 Å². The Kier molecular flexibility index (Phi) is 6.07. The van der Waals surface area contributed by atoms with E-state index in [1.165, 1.54) is 10.6 Å². The van der Waals surface area contributed by atoms with Crippen LogP contribution in [0.2, 0.25) is 0 Å². The highest BCUT2D eigenvalue weighted by Crippen LogP contribution is 1.99. The fourth-order valence-electron chi connectivity index (χ4n) is 1.49. The summed E-state index contributed by atoms with van der Waals surface area (Å²) < 4.78 is 6.39. The van der Waals surface area contributed by atoms with Crippen molar-refractivity contribution in [2.24, 2.45) is 0 Å². The van der Waals surface area contributed by atoms with Crippen LogP contribution in [0, 0.1) is 0 Å². The lowest BCUT2D eigenvalue weighted by Gasteiger charge is -2.06. The van der Waals surface area contributed by atoms with Gasteiger partial charge in [-0.2, -0.15) is 0 Å². The van der Waals surface area contributed by atoms with Crippen LogP contribution in [-0.2, 0) is 16.1 Å². The first-order valence-electron chi connectivity index (χ1n) is 6.05. The van der Waals surface area contributed by atoms with Crippen LogP contribution in [0.25, 0.3) is 0 Å². The number of ether oxygens (including phenoxy) is 1. The van der Waals surface area contributed by atoms with Gasteiger partial charge in [-0.25, -0.2) is 0 Å². The molecule has 0 saturated heterocycles. The van der Waals surface area contributed by atoms with Gasteiger partial charge in [0.1, 0.15) is 6.54 Å². The Morgan fingerprint density at radius 2 is 2.12 bits per heavy atom. The van der Waals surface area contributed by atoms with Crippen LogP contribution in [0.3, 0.4) is 0 Å². The summed E-state index contributed by atoms with van der Waals surface area (Å²) in [5.41, 5.74) is -0.185. The summed E-state index contributed by atoms with van der Waals surface area (Å²) in [5.74, 6) is -0.352. The maximum atomic E-state index is 11.4. The molecule has 0 unspecified atom stereocenters. The molecule has 1 rings (SSSR count). The van der Waals surface area contributed by atoms with Crippen LogP contribution in [0.4, 0.5) is 0 Å². The Labute approximate surface area is 101 Å². The summed E-state index contributed by atoms with van der Waals surface area (Å²) in [4.78, 5) is 22.7. The Balaban J connectivity index is 2.26. The molecular weight excluding hydrogens is 218 g/mol. The predicted molar refractivity (Wildman–Crippen MR) is 65.8 cm³/mol. The molecule has 1 aromatic rings. The number of rotatable bonds is 7. The Morgan fingerprint density at radius 3 is 2.82 bits per heavy atom. The van der Waals surface area contributed by atoms with Crippen molar-refractivity contribution >= 4 is 5.97 Å². The van der Waals surface area contributed by atoms with Crippen molar-refractivity contribution in [2.45, 2.75) is 39.2 Å². The van der Waals surface area contributed by atoms with E-state index < -0.39 is 0 Å². The fraction of sp³-hybridized carbons (Fsp3) is 0.538. The van der Waals surface area contributed by atoms with Crippen molar-refractivity contribution < 1.29 is 9.53 Å². The first kappa shape index (κ1) is 13.5. The monoisotopic (exact) mass is 237 g/mol. The molecule has 94 valence electrons. The largest absolute Gasteiger partial charge is 0.464 e. The molecule has 1 heterocycles. The molecule has 17 heavy (non-hydrogen) atoms. The summed E-state index contributed by atoms with van der Waals surface area (Å²) >= 11 is 0. The van der Waals surface area contributed by atoms with Crippen LogP contribution in [0.5, 0.6) is 0 Å². The average molecular weight is 237 g/mol. The normalized spacial score (nSPS) is 10.2. The van der Waals surface area contributed by atoms with E-state index in [1.54, 1.807) is 18.3 Å². The molecule has 0 aromatic carbocycles. The summed E-state index contributed by atoms with van der Waals surface area (Å²) in [5, 5.41) is 0. The highest BCUT2D eigenvalue weighted by molar-refractivity contribution is 5.69. The molecule has 4 nitrogen and oxygen atoms in total. The molecular formula is C13H19NO3. The second-order valence-electron chi connectivity index (χ2n) is 3.95. The van der Waals surface area contributed by atoms with Gasteiger partial charge in [0.25, 0.3) is 5.56 Å². The highest BCUT2D eigenvalue weighted by Gasteiger charge is 2.04. The van der Waals surface area contributed by atoms with Gasteiger partial charge >= 0.3 is 5.97 Å². The van der Waals surface area contributed by atoms with Crippen LogP contribution < -0.4 is 5.56 Å². The van der Waals surface area contributed by atoms with Crippen molar-refractivity contribution in [1.29, 1.82) is 0 Å². The number of esters is 1. The van der Waals surface area contributed by atoms with E-state index in [-0.39, 0.29) is 18.1 Å². The van der Waals surface area contributed by atoms with Gasteiger partial charge in [0.05, 0.1) is 6.61 Å². The number of nitrogens with zero attached hydrogens (tertiary/aromatic N) is 1. The van der Waals surface area contributed by atoms with Gasteiger partial charge in [-0.05, 0) is 12.5 Å². The number of hydrogen-bond acceptors (Lipinski definition) is 3. The molecule has 0 saturated carbocycles. The molecule has 0 amide bonds. The second-order valence-corrected chi connectivity index (χ2v) is 3.95. The zero-order valence-electron chi connectivity index (χ0n) is 10.2. The van der Waals surface area contributed by atoms with Crippen molar-refractivity contribution in [2.75, 3.05) is 6.61 Å². The van der Waals surface area contributed by atoms with E-state index in [0.29, 0.717) is 6.61 Å². The van der Waals surface area contributed by atoms with Crippen molar-refractivity contribution in [3.63, 3.8) is 0 Å². The lowest BCUT2D eigenvalue weighted by Crippen LogP contribution is -2.24. The van der Waals surface area contributed by atoms with Crippen molar-refractivity contribution in [1.82, 2.24) is 4.57 Å². The lowest BCUT2D eigenvalue weighted by molar-refractivity contribution is -0.144. The van der Waals surface area contributed by atoms with E-state index in [1.807, 2.05) is 0 Å². The predicted octanol–water partition coefficient (Wildman–Crippen LogP) is 1.97. The summed E-state index contributed by atoms with van der Waals surface area (Å²) in [6, 6.07) is 4.79. The van der Waals surface area contributed by atoms with Crippen LogP contribution >= 0.6 is 0 Å². The number of carbonyl (C=O) groups excluding carboxylic acids is 1. The van der Waals surface area contributed by atoms with E-state index in [4.69, 9.17) is 4.74 Å². The zero-order chi connectivity index (χ0) is 12.5. The van der Waals surface area contributed by atoms with E-state index in [2.05, 4.69) is 6.92 Å². The molecule has 0 atom stereocenters. The molecule has 4 heteroatoms. The fourth-order valence-corrected chi connectivity index (χ4v) is 1.49. The van der Waals surface area contributed by atoms with Gasteiger partial charge in [-0.1, -0.05) is 32.3 Å². The minimum atomic E-state index is -0.352. The smallest absolute Gasteiger partial charge is 0.326 e. The number of unbranched alkanes of at least 4 members (excludes halogenated alkanes) is 3. The van der Waals surface area contributed by atoms with E-state index in [9.17, 15) is 9.59 Å². The molecule has 0 aliphatic heterocycles. The second kappa shape index (κ2) is 7.65. The van der Waals surface area contributed by atoms with E-state index >= 15 is 0 Å². The molecule has 0 radical (unpaired) electrons. The number of aromatic nitrogens is 1. The molecule has 0 spiro atoms. The quantitative estimate of drug-likeness (QED) is 0.538. The topological polar surface area (TPSA) is 48.3 Å². The van der Waals surface area contributed by atoms with Gasteiger partial charge in [0.15, 0.2) is 0 Å².